The van der Waals surface area contributed by atoms with E-state index in [0.29, 0.717) is 6.61 Å². The van der Waals surface area contributed by atoms with Crippen LogP contribution in [0.25, 0.3) is 0 Å². The quantitative estimate of drug-likeness (QED) is 0.623. The number of hydrogen-bond donors (Lipinski definition) is 1. The first-order valence-corrected chi connectivity index (χ1v) is 7.76. The SMILES string of the molecule is CCCCCOCc1cc(CNCCC)ccc1OC. The van der Waals surface area contributed by atoms with Crippen molar-refractivity contribution >= 4 is 0 Å². The highest BCUT2D eigenvalue weighted by Gasteiger charge is 2.05. The zero-order valence-electron chi connectivity index (χ0n) is 13.2. The second kappa shape index (κ2) is 10.7. The van der Waals surface area contributed by atoms with Crippen LogP contribution in [0, 0.1) is 0 Å². The summed E-state index contributed by atoms with van der Waals surface area (Å²) in [6, 6.07) is 6.33. The van der Waals surface area contributed by atoms with Crippen LogP contribution in [0.3, 0.4) is 0 Å². The van der Waals surface area contributed by atoms with Crippen LogP contribution >= 0.6 is 0 Å². The first-order chi connectivity index (χ1) is 9.81. The zero-order chi connectivity index (χ0) is 14.6. The molecule has 1 N–H and O–H groups in total. The Bertz CT molecular complexity index is 366. The molecule has 114 valence electrons. The maximum atomic E-state index is 5.74. The van der Waals surface area contributed by atoms with E-state index in [4.69, 9.17) is 9.47 Å². The molecule has 0 saturated carbocycles. The Morgan fingerprint density at radius 1 is 1.10 bits per heavy atom. The minimum absolute atomic E-state index is 0.633. The fourth-order valence-electron chi connectivity index (χ4n) is 2.10. The van der Waals surface area contributed by atoms with Gasteiger partial charge < -0.3 is 14.8 Å². The molecule has 0 saturated heterocycles. The van der Waals surface area contributed by atoms with Crippen molar-refractivity contribution in [1.29, 1.82) is 0 Å². The van der Waals surface area contributed by atoms with Gasteiger partial charge in [-0.05, 0) is 37.1 Å². The summed E-state index contributed by atoms with van der Waals surface area (Å²) >= 11 is 0. The van der Waals surface area contributed by atoms with E-state index in [1.54, 1.807) is 7.11 Å². The van der Waals surface area contributed by atoms with Gasteiger partial charge in [-0.3, -0.25) is 0 Å². The van der Waals surface area contributed by atoms with Gasteiger partial charge >= 0.3 is 0 Å². The van der Waals surface area contributed by atoms with Crippen molar-refractivity contribution in [3.8, 4) is 5.75 Å². The minimum Gasteiger partial charge on any atom is -0.496 e. The van der Waals surface area contributed by atoms with E-state index in [-0.39, 0.29) is 0 Å². The number of unbranched alkanes of at least 4 members (excludes halogenated alkanes) is 2. The molecule has 0 aliphatic rings. The molecular weight excluding hydrogens is 250 g/mol. The number of nitrogens with one attached hydrogen (secondary N) is 1. The highest BCUT2D eigenvalue weighted by Crippen LogP contribution is 2.21. The number of methoxy groups -OCH3 is 1. The Labute approximate surface area is 123 Å². The second-order valence-corrected chi connectivity index (χ2v) is 5.08. The maximum Gasteiger partial charge on any atom is 0.124 e. The van der Waals surface area contributed by atoms with E-state index < -0.39 is 0 Å². The van der Waals surface area contributed by atoms with Gasteiger partial charge in [0.1, 0.15) is 5.75 Å². The van der Waals surface area contributed by atoms with E-state index in [9.17, 15) is 0 Å². The lowest BCUT2D eigenvalue weighted by molar-refractivity contribution is 0.115. The minimum atomic E-state index is 0.633. The van der Waals surface area contributed by atoms with Crippen LogP contribution in [0.2, 0.25) is 0 Å². The molecule has 0 unspecified atom stereocenters. The summed E-state index contributed by atoms with van der Waals surface area (Å²) in [4.78, 5) is 0. The smallest absolute Gasteiger partial charge is 0.124 e. The summed E-state index contributed by atoms with van der Waals surface area (Å²) in [7, 11) is 1.71. The molecule has 1 rings (SSSR count). The first-order valence-electron chi connectivity index (χ1n) is 7.76. The molecule has 3 heteroatoms. The third-order valence-electron chi connectivity index (χ3n) is 3.25. The maximum absolute atomic E-state index is 5.74. The molecule has 0 amide bonds. The van der Waals surface area contributed by atoms with Crippen LogP contribution in [-0.4, -0.2) is 20.3 Å². The fraction of sp³-hybridized carbons (Fsp3) is 0.647. The van der Waals surface area contributed by atoms with Crippen molar-refractivity contribution < 1.29 is 9.47 Å². The van der Waals surface area contributed by atoms with Crippen molar-refractivity contribution in [1.82, 2.24) is 5.32 Å². The van der Waals surface area contributed by atoms with Gasteiger partial charge in [-0.25, -0.2) is 0 Å². The molecule has 0 aliphatic carbocycles. The molecule has 3 nitrogen and oxygen atoms in total. The average molecular weight is 279 g/mol. The van der Waals surface area contributed by atoms with Crippen LogP contribution in [-0.2, 0) is 17.9 Å². The Balaban J connectivity index is 2.50. The highest BCUT2D eigenvalue weighted by molar-refractivity contribution is 5.36. The molecule has 0 aromatic heterocycles. The van der Waals surface area contributed by atoms with Gasteiger partial charge in [-0.15, -0.1) is 0 Å². The van der Waals surface area contributed by atoms with Gasteiger partial charge in [0.25, 0.3) is 0 Å². The van der Waals surface area contributed by atoms with E-state index in [0.717, 1.165) is 43.9 Å². The largest absolute Gasteiger partial charge is 0.496 e. The topological polar surface area (TPSA) is 30.5 Å². The van der Waals surface area contributed by atoms with Crippen LogP contribution in [0.1, 0.15) is 50.7 Å². The second-order valence-electron chi connectivity index (χ2n) is 5.08. The third kappa shape index (κ3) is 6.40. The first kappa shape index (κ1) is 17.0. The summed E-state index contributed by atoms with van der Waals surface area (Å²) in [5.41, 5.74) is 2.42. The fourth-order valence-corrected chi connectivity index (χ4v) is 2.10. The zero-order valence-corrected chi connectivity index (χ0v) is 13.2. The standard InChI is InChI=1S/C17H29NO2/c1-4-6-7-11-20-14-16-12-15(13-18-10-5-2)8-9-17(16)19-3/h8-9,12,18H,4-7,10-11,13-14H2,1-3H3. The molecule has 0 fully saturated rings. The van der Waals surface area contributed by atoms with Crippen molar-refractivity contribution in [2.75, 3.05) is 20.3 Å². The Morgan fingerprint density at radius 2 is 1.95 bits per heavy atom. The molecule has 1 aromatic carbocycles. The van der Waals surface area contributed by atoms with Crippen molar-refractivity contribution in [3.63, 3.8) is 0 Å². The molecule has 0 spiro atoms. The Morgan fingerprint density at radius 3 is 2.65 bits per heavy atom. The number of benzene rings is 1. The van der Waals surface area contributed by atoms with E-state index in [1.165, 1.54) is 18.4 Å². The lowest BCUT2D eigenvalue weighted by Gasteiger charge is -2.12. The Hall–Kier alpha value is -1.06. The predicted molar refractivity (Wildman–Crippen MR) is 84.2 cm³/mol. The molecule has 0 aliphatic heterocycles. The monoisotopic (exact) mass is 279 g/mol. The van der Waals surface area contributed by atoms with Crippen LogP contribution in [0.4, 0.5) is 0 Å². The molecule has 1 aromatic rings. The van der Waals surface area contributed by atoms with Gasteiger partial charge in [-0.1, -0.05) is 32.8 Å². The summed E-state index contributed by atoms with van der Waals surface area (Å²) in [5, 5.41) is 3.42. The van der Waals surface area contributed by atoms with Gasteiger partial charge in [0.2, 0.25) is 0 Å². The van der Waals surface area contributed by atoms with Gasteiger partial charge in [0.15, 0.2) is 0 Å². The molecule has 0 bridgehead atoms. The summed E-state index contributed by atoms with van der Waals surface area (Å²) < 4.78 is 11.1. The molecule has 20 heavy (non-hydrogen) atoms. The lowest BCUT2D eigenvalue weighted by atomic mass is 10.1. The van der Waals surface area contributed by atoms with Crippen molar-refractivity contribution in [3.05, 3.63) is 29.3 Å². The van der Waals surface area contributed by atoms with Crippen LogP contribution < -0.4 is 10.1 Å². The third-order valence-corrected chi connectivity index (χ3v) is 3.25. The number of rotatable bonds is 11. The molecule has 0 atom stereocenters. The van der Waals surface area contributed by atoms with E-state index >= 15 is 0 Å². The predicted octanol–water partition coefficient (Wildman–Crippen LogP) is 3.90. The summed E-state index contributed by atoms with van der Waals surface area (Å²) in [6.07, 6.45) is 4.75. The molecule has 0 radical (unpaired) electrons. The summed E-state index contributed by atoms with van der Waals surface area (Å²) in [5.74, 6) is 0.916. The highest BCUT2D eigenvalue weighted by atomic mass is 16.5. The van der Waals surface area contributed by atoms with E-state index in [2.05, 4.69) is 31.3 Å². The van der Waals surface area contributed by atoms with Crippen molar-refractivity contribution in [2.45, 2.75) is 52.7 Å². The van der Waals surface area contributed by atoms with E-state index in [1.807, 2.05) is 6.07 Å². The molecular formula is C17H29NO2. The summed E-state index contributed by atoms with van der Waals surface area (Å²) in [6.45, 7) is 7.80. The average Bonchev–Trinajstić information content (AvgIpc) is 2.47. The normalized spacial score (nSPS) is 10.8. The number of hydrogen-bond acceptors (Lipinski definition) is 3. The van der Waals surface area contributed by atoms with Crippen molar-refractivity contribution in [2.24, 2.45) is 0 Å². The lowest BCUT2D eigenvalue weighted by Crippen LogP contribution is -2.14. The van der Waals surface area contributed by atoms with Gasteiger partial charge in [-0.2, -0.15) is 0 Å². The molecule has 0 heterocycles. The van der Waals surface area contributed by atoms with Gasteiger partial charge in [0.05, 0.1) is 13.7 Å². The number of ether oxygens (including phenoxy) is 2. The van der Waals surface area contributed by atoms with Gasteiger partial charge in [0, 0.05) is 18.7 Å². The Kier molecular flexibility index (Phi) is 9.09. The van der Waals surface area contributed by atoms with Crippen LogP contribution in [0.5, 0.6) is 5.75 Å². The van der Waals surface area contributed by atoms with Crippen LogP contribution in [0.15, 0.2) is 18.2 Å².